The van der Waals surface area contributed by atoms with E-state index >= 15 is 0 Å². The van der Waals surface area contributed by atoms with E-state index in [1.165, 1.54) is 6.42 Å². The maximum Gasteiger partial charge on any atom is 0.239 e. The minimum atomic E-state index is -0.338. The van der Waals surface area contributed by atoms with Crippen LogP contribution in [0.2, 0.25) is 0 Å². The van der Waals surface area contributed by atoms with Crippen molar-refractivity contribution in [2.75, 3.05) is 13.1 Å². The van der Waals surface area contributed by atoms with Gasteiger partial charge in [0.05, 0.1) is 6.04 Å². The molecule has 70 valence electrons. The van der Waals surface area contributed by atoms with Gasteiger partial charge in [0.15, 0.2) is 0 Å². The zero-order chi connectivity index (χ0) is 9.14. The summed E-state index contributed by atoms with van der Waals surface area (Å²) in [5.74, 6) is 0.739. The lowest BCUT2D eigenvalue weighted by Gasteiger charge is -2.31. The van der Waals surface area contributed by atoms with Gasteiger partial charge in [-0.25, -0.2) is 0 Å². The number of nitrogens with zero attached hydrogens (tertiary/aromatic N) is 1. The molecule has 3 heteroatoms. The van der Waals surface area contributed by atoms with Crippen LogP contribution in [0.25, 0.3) is 0 Å². The lowest BCUT2D eigenvalue weighted by atomic mass is 10.00. The van der Waals surface area contributed by atoms with Crippen molar-refractivity contribution in [2.45, 2.75) is 32.7 Å². The summed E-state index contributed by atoms with van der Waals surface area (Å²) in [6.45, 7) is 5.72. The minimum Gasteiger partial charge on any atom is -0.341 e. The first-order valence-corrected chi connectivity index (χ1v) is 4.65. The summed E-state index contributed by atoms with van der Waals surface area (Å²) < 4.78 is 0. The second-order valence-electron chi connectivity index (χ2n) is 3.82. The summed E-state index contributed by atoms with van der Waals surface area (Å²) in [6.07, 6.45) is 2.36. The van der Waals surface area contributed by atoms with Gasteiger partial charge in [0.1, 0.15) is 0 Å². The number of hydrogen-bond donors (Lipinski definition) is 1. The van der Waals surface area contributed by atoms with Crippen LogP contribution in [0.1, 0.15) is 26.7 Å². The summed E-state index contributed by atoms with van der Waals surface area (Å²) in [7, 11) is 0. The third-order valence-electron chi connectivity index (χ3n) is 2.36. The maximum absolute atomic E-state index is 11.4. The van der Waals surface area contributed by atoms with E-state index in [1.807, 2.05) is 4.90 Å². The van der Waals surface area contributed by atoms with Gasteiger partial charge in [-0.3, -0.25) is 4.79 Å². The Bertz CT molecular complexity index is 168. The second-order valence-corrected chi connectivity index (χ2v) is 3.82. The van der Waals surface area contributed by atoms with E-state index in [0.29, 0.717) is 5.92 Å². The molecule has 0 aliphatic carbocycles. The first-order chi connectivity index (χ1) is 5.61. The lowest BCUT2D eigenvalue weighted by Crippen LogP contribution is -2.46. The molecule has 0 bridgehead atoms. The molecular formula is C9H18N2O. The third kappa shape index (κ3) is 2.21. The van der Waals surface area contributed by atoms with Crippen molar-refractivity contribution in [3.8, 4) is 0 Å². The number of amides is 1. The van der Waals surface area contributed by atoms with E-state index < -0.39 is 0 Å². The highest BCUT2D eigenvalue weighted by molar-refractivity contribution is 5.81. The van der Waals surface area contributed by atoms with Gasteiger partial charge in [-0.05, 0) is 25.7 Å². The van der Waals surface area contributed by atoms with Gasteiger partial charge in [0, 0.05) is 13.1 Å². The average Bonchev–Trinajstić information content (AvgIpc) is 2.03. The summed E-state index contributed by atoms with van der Waals surface area (Å²) in [6, 6.07) is -0.338. The highest BCUT2D eigenvalue weighted by atomic mass is 16.2. The fourth-order valence-electron chi connectivity index (χ4n) is 1.68. The molecule has 2 atom stereocenters. The zero-order valence-electron chi connectivity index (χ0n) is 7.92. The van der Waals surface area contributed by atoms with E-state index in [2.05, 4.69) is 6.92 Å². The van der Waals surface area contributed by atoms with Crippen LogP contribution in [0.5, 0.6) is 0 Å². The van der Waals surface area contributed by atoms with Crippen molar-refractivity contribution < 1.29 is 4.79 Å². The predicted octanol–water partition coefficient (Wildman–Crippen LogP) is 0.592. The monoisotopic (exact) mass is 170 g/mol. The van der Waals surface area contributed by atoms with Crippen LogP contribution in [0.4, 0.5) is 0 Å². The predicted molar refractivity (Wildman–Crippen MR) is 48.6 cm³/mol. The first kappa shape index (κ1) is 9.52. The van der Waals surface area contributed by atoms with E-state index in [1.54, 1.807) is 6.92 Å². The normalized spacial score (nSPS) is 26.9. The van der Waals surface area contributed by atoms with E-state index in [-0.39, 0.29) is 11.9 Å². The fourth-order valence-corrected chi connectivity index (χ4v) is 1.68. The van der Waals surface area contributed by atoms with Crippen molar-refractivity contribution >= 4 is 5.91 Å². The zero-order valence-corrected chi connectivity index (χ0v) is 7.92. The van der Waals surface area contributed by atoms with Gasteiger partial charge in [-0.15, -0.1) is 0 Å². The van der Waals surface area contributed by atoms with Crippen molar-refractivity contribution in [3.05, 3.63) is 0 Å². The largest absolute Gasteiger partial charge is 0.341 e. The molecule has 1 amide bonds. The molecule has 0 aromatic heterocycles. The standard InChI is InChI=1S/C9H18N2O/c1-7-4-3-5-11(6-7)9(12)8(2)10/h7-8H,3-6,10H2,1-2H3/t7?,8-/m1/s1. The molecule has 12 heavy (non-hydrogen) atoms. The highest BCUT2D eigenvalue weighted by Gasteiger charge is 2.22. The van der Waals surface area contributed by atoms with E-state index in [9.17, 15) is 4.79 Å². The number of hydrogen-bond acceptors (Lipinski definition) is 2. The number of piperidine rings is 1. The van der Waals surface area contributed by atoms with Crippen LogP contribution in [0.15, 0.2) is 0 Å². The molecule has 0 saturated carbocycles. The average molecular weight is 170 g/mol. The Balaban J connectivity index is 2.46. The summed E-state index contributed by atoms with van der Waals surface area (Å²) in [4.78, 5) is 13.3. The smallest absolute Gasteiger partial charge is 0.239 e. The molecular weight excluding hydrogens is 152 g/mol. The first-order valence-electron chi connectivity index (χ1n) is 4.65. The second kappa shape index (κ2) is 3.90. The van der Waals surface area contributed by atoms with Crippen molar-refractivity contribution in [3.63, 3.8) is 0 Å². The molecule has 1 heterocycles. The van der Waals surface area contributed by atoms with Crippen molar-refractivity contribution in [1.29, 1.82) is 0 Å². The van der Waals surface area contributed by atoms with Crippen LogP contribution in [-0.4, -0.2) is 29.9 Å². The quantitative estimate of drug-likeness (QED) is 0.626. The highest BCUT2D eigenvalue weighted by Crippen LogP contribution is 2.15. The van der Waals surface area contributed by atoms with E-state index in [4.69, 9.17) is 5.73 Å². The molecule has 1 rings (SSSR count). The Hall–Kier alpha value is -0.570. The molecule has 3 nitrogen and oxygen atoms in total. The number of carbonyl (C=O) groups is 1. The number of nitrogens with two attached hydrogens (primary N) is 1. The van der Waals surface area contributed by atoms with Crippen molar-refractivity contribution in [2.24, 2.45) is 11.7 Å². The number of likely N-dealkylation sites (tertiary alicyclic amines) is 1. The number of rotatable bonds is 1. The Kier molecular flexibility index (Phi) is 3.09. The minimum absolute atomic E-state index is 0.0987. The van der Waals surface area contributed by atoms with Gasteiger partial charge in [-0.2, -0.15) is 0 Å². The van der Waals surface area contributed by atoms with E-state index in [0.717, 1.165) is 19.5 Å². The van der Waals surface area contributed by atoms with Gasteiger partial charge in [0.25, 0.3) is 0 Å². The third-order valence-corrected chi connectivity index (χ3v) is 2.36. The molecule has 1 aliphatic heterocycles. The van der Waals surface area contributed by atoms with Crippen LogP contribution in [0, 0.1) is 5.92 Å². The van der Waals surface area contributed by atoms with Crippen LogP contribution < -0.4 is 5.73 Å². The topological polar surface area (TPSA) is 46.3 Å². The summed E-state index contributed by atoms with van der Waals surface area (Å²) in [5.41, 5.74) is 5.52. The lowest BCUT2D eigenvalue weighted by molar-refractivity contribution is -0.133. The van der Waals surface area contributed by atoms with Gasteiger partial charge in [-0.1, -0.05) is 6.92 Å². The Morgan fingerprint density at radius 2 is 2.33 bits per heavy atom. The SMILES string of the molecule is CC1CCCN(C(=O)[C@@H](C)N)C1. The van der Waals surface area contributed by atoms with Gasteiger partial charge >= 0.3 is 0 Å². The van der Waals surface area contributed by atoms with Crippen LogP contribution in [-0.2, 0) is 4.79 Å². The Morgan fingerprint density at radius 3 is 2.83 bits per heavy atom. The molecule has 0 radical (unpaired) electrons. The molecule has 0 aromatic rings. The maximum atomic E-state index is 11.4. The molecule has 1 unspecified atom stereocenters. The van der Waals surface area contributed by atoms with Gasteiger partial charge in [0.2, 0.25) is 5.91 Å². The summed E-state index contributed by atoms with van der Waals surface area (Å²) >= 11 is 0. The Morgan fingerprint density at radius 1 is 1.67 bits per heavy atom. The van der Waals surface area contributed by atoms with Crippen molar-refractivity contribution in [1.82, 2.24) is 4.90 Å². The molecule has 1 fully saturated rings. The molecule has 1 aliphatic rings. The number of carbonyl (C=O) groups excluding carboxylic acids is 1. The van der Waals surface area contributed by atoms with Crippen LogP contribution >= 0.6 is 0 Å². The molecule has 0 spiro atoms. The van der Waals surface area contributed by atoms with Crippen LogP contribution in [0.3, 0.4) is 0 Å². The molecule has 0 aromatic carbocycles. The fraction of sp³-hybridized carbons (Fsp3) is 0.889. The van der Waals surface area contributed by atoms with Gasteiger partial charge < -0.3 is 10.6 Å². The molecule has 2 N–H and O–H groups in total. The Labute approximate surface area is 73.9 Å². The molecule has 1 saturated heterocycles. The summed E-state index contributed by atoms with van der Waals surface area (Å²) in [5, 5.41) is 0.